The normalized spacial score (nSPS) is 24.4. The molecule has 1 aliphatic heterocycles. The second-order valence-electron chi connectivity index (χ2n) is 9.14. The number of likely N-dealkylation sites (tertiary alicyclic amines) is 1. The molecule has 4 rings (SSSR count). The third-order valence-electron chi connectivity index (χ3n) is 7.16. The van der Waals surface area contributed by atoms with Gasteiger partial charge < -0.3 is 14.4 Å². The zero-order chi connectivity index (χ0) is 24.1. The number of rotatable bonds is 8. The van der Waals surface area contributed by atoms with Crippen LogP contribution in [0, 0.1) is 17.3 Å². The van der Waals surface area contributed by atoms with E-state index in [4.69, 9.17) is 9.47 Å². The Bertz CT molecular complexity index is 1060. The molecule has 1 saturated heterocycles. The number of esters is 1. The van der Waals surface area contributed by atoms with Crippen LogP contribution in [-0.4, -0.2) is 36.5 Å². The third kappa shape index (κ3) is 4.52. The number of carbonyl (C=O) groups is 2. The first-order valence-corrected chi connectivity index (χ1v) is 12.0. The van der Waals surface area contributed by atoms with Crippen LogP contribution in [0.4, 0.5) is 0 Å². The first-order chi connectivity index (χ1) is 16.5. The van der Waals surface area contributed by atoms with Crippen molar-refractivity contribution in [1.29, 1.82) is 0 Å². The van der Waals surface area contributed by atoms with Gasteiger partial charge in [0, 0.05) is 18.5 Å². The van der Waals surface area contributed by atoms with Gasteiger partial charge in [0.05, 0.1) is 25.0 Å². The van der Waals surface area contributed by atoms with Gasteiger partial charge >= 0.3 is 5.97 Å². The van der Waals surface area contributed by atoms with Crippen LogP contribution >= 0.6 is 0 Å². The number of methoxy groups -OCH3 is 1. The van der Waals surface area contributed by atoms with Crippen molar-refractivity contribution in [3.05, 3.63) is 90.0 Å². The molecule has 1 aliphatic carbocycles. The minimum Gasteiger partial charge on any atom is -0.497 e. The number of carbonyl (C=O) groups excluding carboxylic acids is 2. The van der Waals surface area contributed by atoms with E-state index >= 15 is 0 Å². The molecular weight excluding hydrogens is 426 g/mol. The summed E-state index contributed by atoms with van der Waals surface area (Å²) in [4.78, 5) is 29.1. The molecule has 4 atom stereocenters. The number of amides is 1. The molecule has 1 fully saturated rings. The van der Waals surface area contributed by atoms with E-state index in [0.29, 0.717) is 26.0 Å². The monoisotopic (exact) mass is 459 g/mol. The molecule has 2 aromatic carbocycles. The number of hydrogen-bond acceptors (Lipinski definition) is 4. The molecule has 0 aromatic heterocycles. The number of benzene rings is 2. The topological polar surface area (TPSA) is 55.8 Å². The summed E-state index contributed by atoms with van der Waals surface area (Å²) in [6, 6.07) is 17.9. The van der Waals surface area contributed by atoms with Crippen LogP contribution in [0.1, 0.15) is 31.4 Å². The highest BCUT2D eigenvalue weighted by molar-refractivity contribution is 5.90. The zero-order valence-electron chi connectivity index (χ0n) is 20.1. The maximum atomic E-state index is 14.2. The summed E-state index contributed by atoms with van der Waals surface area (Å²) in [5, 5.41) is 0. The van der Waals surface area contributed by atoms with Crippen LogP contribution in [-0.2, 0) is 27.3 Å². The number of ether oxygens (including phenoxy) is 2. The maximum absolute atomic E-state index is 14.2. The summed E-state index contributed by atoms with van der Waals surface area (Å²) >= 11 is 0. The molecule has 1 spiro atoms. The average Bonchev–Trinajstić information content (AvgIpc) is 3.07. The molecule has 0 bridgehead atoms. The molecule has 2 aliphatic rings. The second-order valence-corrected chi connectivity index (χ2v) is 9.14. The lowest BCUT2D eigenvalue weighted by Gasteiger charge is -2.35. The molecule has 34 heavy (non-hydrogen) atoms. The fourth-order valence-corrected chi connectivity index (χ4v) is 5.55. The molecule has 1 heterocycles. The van der Waals surface area contributed by atoms with E-state index in [0.717, 1.165) is 16.9 Å². The Hall–Kier alpha value is -3.34. The lowest BCUT2D eigenvalue weighted by Crippen LogP contribution is -2.42. The Morgan fingerprint density at radius 2 is 1.82 bits per heavy atom. The van der Waals surface area contributed by atoms with Crippen molar-refractivity contribution in [1.82, 2.24) is 4.90 Å². The molecule has 0 radical (unpaired) electrons. The Balaban J connectivity index is 1.77. The minimum absolute atomic E-state index is 0.0750. The number of nitrogens with zero attached hydrogens (tertiary/aromatic N) is 1. The number of allylic oxidation sites excluding steroid dienone is 3. The highest BCUT2D eigenvalue weighted by Gasteiger charge is 2.60. The Morgan fingerprint density at radius 3 is 2.44 bits per heavy atom. The average molecular weight is 460 g/mol. The van der Waals surface area contributed by atoms with E-state index in [1.807, 2.05) is 85.5 Å². The van der Waals surface area contributed by atoms with Crippen molar-refractivity contribution in [3.63, 3.8) is 0 Å². The van der Waals surface area contributed by atoms with Crippen molar-refractivity contribution < 1.29 is 19.1 Å². The van der Waals surface area contributed by atoms with Gasteiger partial charge in [-0.05, 0) is 43.0 Å². The van der Waals surface area contributed by atoms with E-state index < -0.39 is 11.3 Å². The van der Waals surface area contributed by atoms with E-state index in [1.165, 1.54) is 0 Å². The fourth-order valence-electron chi connectivity index (χ4n) is 5.55. The van der Waals surface area contributed by atoms with Gasteiger partial charge in [0.2, 0.25) is 5.91 Å². The van der Waals surface area contributed by atoms with Gasteiger partial charge in [0.25, 0.3) is 0 Å². The zero-order valence-corrected chi connectivity index (χ0v) is 20.1. The molecule has 0 saturated carbocycles. The van der Waals surface area contributed by atoms with Crippen LogP contribution in [0.15, 0.2) is 78.9 Å². The first kappa shape index (κ1) is 23.8. The van der Waals surface area contributed by atoms with Crippen LogP contribution in [0.25, 0.3) is 0 Å². The summed E-state index contributed by atoms with van der Waals surface area (Å²) in [5.74, 6) is -0.0192. The van der Waals surface area contributed by atoms with E-state index in [1.54, 1.807) is 7.11 Å². The van der Waals surface area contributed by atoms with Gasteiger partial charge in [-0.25, -0.2) is 0 Å². The van der Waals surface area contributed by atoms with E-state index in [2.05, 4.69) is 12.1 Å². The summed E-state index contributed by atoms with van der Waals surface area (Å²) < 4.78 is 10.7. The van der Waals surface area contributed by atoms with Gasteiger partial charge in [0.15, 0.2) is 0 Å². The Kier molecular flexibility index (Phi) is 7.20. The largest absolute Gasteiger partial charge is 0.497 e. The smallest absolute Gasteiger partial charge is 0.309 e. The van der Waals surface area contributed by atoms with Crippen molar-refractivity contribution in [3.8, 4) is 5.75 Å². The molecule has 0 N–H and O–H groups in total. The van der Waals surface area contributed by atoms with Crippen LogP contribution in [0.3, 0.4) is 0 Å². The summed E-state index contributed by atoms with van der Waals surface area (Å²) in [6.45, 7) is 4.54. The summed E-state index contributed by atoms with van der Waals surface area (Å²) in [5.41, 5.74) is 1.42. The lowest BCUT2D eigenvalue weighted by molar-refractivity contribution is -0.151. The van der Waals surface area contributed by atoms with Gasteiger partial charge in [-0.3, -0.25) is 9.59 Å². The van der Waals surface area contributed by atoms with Crippen molar-refractivity contribution in [2.24, 2.45) is 17.3 Å². The lowest BCUT2D eigenvalue weighted by atomic mass is 9.65. The predicted octanol–water partition coefficient (Wildman–Crippen LogP) is 4.97. The molecule has 5 nitrogen and oxygen atoms in total. The van der Waals surface area contributed by atoms with Gasteiger partial charge in [-0.15, -0.1) is 0 Å². The minimum atomic E-state index is -0.757. The molecular formula is C29H33NO4. The van der Waals surface area contributed by atoms with Crippen LogP contribution in [0.2, 0.25) is 0 Å². The van der Waals surface area contributed by atoms with Crippen molar-refractivity contribution >= 4 is 11.9 Å². The SMILES string of the molecule is CCOC(=O)[C@H](C)[C@H]1[C@H](Cc2ccccc2)N(Cc2ccc(OC)cc2)C(=O)[C@]12C=CC=CC2. The second kappa shape index (κ2) is 10.3. The summed E-state index contributed by atoms with van der Waals surface area (Å²) in [6.07, 6.45) is 9.24. The third-order valence-corrected chi connectivity index (χ3v) is 7.16. The number of hydrogen-bond donors (Lipinski definition) is 0. The maximum Gasteiger partial charge on any atom is 0.309 e. The molecule has 0 unspecified atom stereocenters. The molecule has 2 aromatic rings. The van der Waals surface area contributed by atoms with Gasteiger partial charge in [0.1, 0.15) is 5.75 Å². The quantitative estimate of drug-likeness (QED) is 0.523. The highest BCUT2D eigenvalue weighted by Crippen LogP contribution is 2.52. The van der Waals surface area contributed by atoms with Gasteiger partial charge in [-0.2, -0.15) is 0 Å². The van der Waals surface area contributed by atoms with E-state index in [9.17, 15) is 9.59 Å². The predicted molar refractivity (Wildman–Crippen MR) is 132 cm³/mol. The first-order valence-electron chi connectivity index (χ1n) is 12.0. The fraction of sp³-hybridized carbons (Fsp3) is 0.379. The Labute approximate surface area is 202 Å². The van der Waals surface area contributed by atoms with Crippen LogP contribution < -0.4 is 4.74 Å². The molecule has 178 valence electrons. The highest BCUT2D eigenvalue weighted by atomic mass is 16.5. The van der Waals surface area contributed by atoms with Crippen molar-refractivity contribution in [2.75, 3.05) is 13.7 Å². The molecule has 1 amide bonds. The van der Waals surface area contributed by atoms with E-state index in [-0.39, 0.29) is 23.8 Å². The Morgan fingerprint density at radius 1 is 1.09 bits per heavy atom. The molecule has 5 heteroatoms. The standard InChI is InChI=1S/C29H33NO4/c1-4-34-27(31)21(2)26-25(19-22-11-7-5-8-12-22)30(20-23-13-15-24(33-3)16-14-23)28(32)29(26)17-9-6-10-18-29/h5-17,21,25-26H,4,18-20H2,1-3H3/t21-,25+,26+,29+/m1/s1. The van der Waals surface area contributed by atoms with Gasteiger partial charge in [-0.1, -0.05) is 73.7 Å². The van der Waals surface area contributed by atoms with Crippen molar-refractivity contribution in [2.45, 2.75) is 39.3 Å². The summed E-state index contributed by atoms with van der Waals surface area (Å²) in [7, 11) is 1.64. The van der Waals surface area contributed by atoms with Crippen LogP contribution in [0.5, 0.6) is 5.75 Å².